The van der Waals surface area contributed by atoms with Gasteiger partial charge in [-0.25, -0.2) is 0 Å². The number of nitrogens with zero attached hydrogens (tertiary/aromatic N) is 2. The highest BCUT2D eigenvalue weighted by atomic mass is 35.5. The first-order valence-electron chi connectivity index (χ1n) is 7.82. The molecule has 0 unspecified atom stereocenters. The monoisotopic (exact) mass is 316 g/mol. The molecule has 116 valence electrons. The lowest BCUT2D eigenvalue weighted by Crippen LogP contribution is -2.35. The van der Waals surface area contributed by atoms with Gasteiger partial charge in [-0.1, -0.05) is 11.6 Å². The largest absolute Gasteiger partial charge is 0.339 e. The second-order valence-electron chi connectivity index (χ2n) is 5.97. The Morgan fingerprint density at radius 2 is 1.64 bits per heavy atom. The Balaban J connectivity index is 1.98. The van der Waals surface area contributed by atoms with Gasteiger partial charge in [0.2, 0.25) is 0 Å². The van der Waals surface area contributed by atoms with Gasteiger partial charge < -0.3 is 9.47 Å². The third-order valence-corrected chi connectivity index (χ3v) is 4.68. The van der Waals surface area contributed by atoms with Crippen LogP contribution in [-0.2, 0) is 0 Å². The fourth-order valence-electron chi connectivity index (χ4n) is 3.16. The van der Waals surface area contributed by atoms with Gasteiger partial charge in [-0.2, -0.15) is 0 Å². The summed E-state index contributed by atoms with van der Waals surface area (Å²) in [5.74, 6) is 0.0500. The number of aromatic nitrogens is 1. The van der Waals surface area contributed by atoms with Gasteiger partial charge >= 0.3 is 0 Å². The molecule has 22 heavy (non-hydrogen) atoms. The molecule has 1 aromatic carbocycles. The van der Waals surface area contributed by atoms with Gasteiger partial charge in [-0.15, -0.1) is 0 Å². The van der Waals surface area contributed by atoms with Gasteiger partial charge in [0, 0.05) is 30.2 Å². The fraction of sp³-hybridized carbons (Fsp3) is 0.389. The quantitative estimate of drug-likeness (QED) is 0.807. The van der Waals surface area contributed by atoms with Gasteiger partial charge in [0.25, 0.3) is 5.91 Å². The van der Waals surface area contributed by atoms with Crippen LogP contribution in [0.4, 0.5) is 0 Å². The molecule has 4 heteroatoms. The number of likely N-dealkylation sites (tertiary alicyclic amines) is 1. The predicted molar refractivity (Wildman–Crippen MR) is 90.0 cm³/mol. The van der Waals surface area contributed by atoms with E-state index in [1.165, 1.54) is 6.42 Å². The number of carbonyl (C=O) groups excluding carboxylic acids is 1. The van der Waals surface area contributed by atoms with Crippen LogP contribution in [0.5, 0.6) is 0 Å². The predicted octanol–water partition coefficient (Wildman–Crippen LogP) is 4.37. The lowest BCUT2D eigenvalue weighted by Gasteiger charge is -2.27. The lowest BCUT2D eigenvalue weighted by atomic mass is 10.1. The van der Waals surface area contributed by atoms with E-state index in [1.54, 1.807) is 0 Å². The topological polar surface area (TPSA) is 25.2 Å². The minimum Gasteiger partial charge on any atom is -0.339 e. The SMILES string of the molecule is Cc1ccc(C)n1-c1ccc(Cl)c(C(=O)N2CCCCC2)c1. The molecule has 3 nitrogen and oxygen atoms in total. The Bertz CT molecular complexity index is 680. The number of amides is 1. The van der Waals surface area contributed by atoms with Crippen LogP contribution in [0.3, 0.4) is 0 Å². The Labute approximate surface area is 136 Å². The molecule has 0 atom stereocenters. The molecule has 1 aliphatic rings. The molecule has 2 heterocycles. The standard InChI is InChI=1S/C18H21ClN2O/c1-13-6-7-14(2)21(13)15-8-9-17(19)16(12-15)18(22)20-10-4-3-5-11-20/h6-9,12H,3-5,10-11H2,1-2H3. The van der Waals surface area contributed by atoms with E-state index < -0.39 is 0 Å². The van der Waals surface area contributed by atoms with Gasteiger partial charge in [-0.3, -0.25) is 4.79 Å². The maximum Gasteiger partial charge on any atom is 0.255 e. The first-order valence-corrected chi connectivity index (χ1v) is 8.20. The zero-order valence-electron chi connectivity index (χ0n) is 13.1. The van der Waals surface area contributed by atoms with Crippen molar-refractivity contribution in [1.29, 1.82) is 0 Å². The number of hydrogen-bond acceptors (Lipinski definition) is 1. The van der Waals surface area contributed by atoms with E-state index in [-0.39, 0.29) is 5.91 Å². The van der Waals surface area contributed by atoms with Gasteiger partial charge in [0.05, 0.1) is 10.6 Å². The Morgan fingerprint density at radius 1 is 1.00 bits per heavy atom. The molecule has 0 saturated carbocycles. The van der Waals surface area contributed by atoms with Crippen LogP contribution in [0.15, 0.2) is 30.3 Å². The molecule has 0 aliphatic carbocycles. The maximum atomic E-state index is 12.7. The van der Waals surface area contributed by atoms with Crippen LogP contribution < -0.4 is 0 Å². The number of hydrogen-bond donors (Lipinski definition) is 0. The minimum absolute atomic E-state index is 0.0500. The van der Waals surface area contributed by atoms with Crippen molar-refractivity contribution in [3.63, 3.8) is 0 Å². The average Bonchev–Trinajstić information content (AvgIpc) is 2.87. The van der Waals surface area contributed by atoms with E-state index in [2.05, 4.69) is 30.5 Å². The Morgan fingerprint density at radius 3 is 2.27 bits per heavy atom. The number of aryl methyl sites for hydroxylation is 2. The van der Waals surface area contributed by atoms with E-state index in [4.69, 9.17) is 11.6 Å². The Hall–Kier alpha value is -1.74. The summed E-state index contributed by atoms with van der Waals surface area (Å²) >= 11 is 6.29. The lowest BCUT2D eigenvalue weighted by molar-refractivity contribution is 0.0724. The molecular weight excluding hydrogens is 296 g/mol. The number of benzene rings is 1. The number of carbonyl (C=O) groups is 1. The third-order valence-electron chi connectivity index (χ3n) is 4.35. The van der Waals surface area contributed by atoms with Crippen LogP contribution in [-0.4, -0.2) is 28.5 Å². The molecular formula is C18H21ClN2O. The summed E-state index contributed by atoms with van der Waals surface area (Å²) in [6, 6.07) is 9.87. The first-order chi connectivity index (χ1) is 10.6. The van der Waals surface area contributed by atoms with E-state index >= 15 is 0 Å². The smallest absolute Gasteiger partial charge is 0.255 e. The normalized spacial score (nSPS) is 15.1. The molecule has 0 radical (unpaired) electrons. The molecule has 2 aromatic rings. The van der Waals surface area contributed by atoms with Gasteiger partial charge in [0.1, 0.15) is 0 Å². The highest BCUT2D eigenvalue weighted by molar-refractivity contribution is 6.33. The molecule has 1 amide bonds. The zero-order chi connectivity index (χ0) is 15.7. The minimum atomic E-state index is 0.0500. The second-order valence-corrected chi connectivity index (χ2v) is 6.38. The molecule has 0 bridgehead atoms. The number of piperidine rings is 1. The molecule has 1 saturated heterocycles. The van der Waals surface area contributed by atoms with E-state index in [9.17, 15) is 4.79 Å². The maximum absolute atomic E-state index is 12.7. The van der Waals surface area contributed by atoms with Crippen molar-refractivity contribution in [2.45, 2.75) is 33.1 Å². The van der Waals surface area contributed by atoms with Crippen molar-refractivity contribution < 1.29 is 4.79 Å². The zero-order valence-corrected chi connectivity index (χ0v) is 13.9. The fourth-order valence-corrected chi connectivity index (χ4v) is 3.36. The third kappa shape index (κ3) is 2.78. The summed E-state index contributed by atoms with van der Waals surface area (Å²) in [4.78, 5) is 14.7. The van der Waals surface area contributed by atoms with Crippen molar-refractivity contribution in [3.05, 3.63) is 52.3 Å². The van der Waals surface area contributed by atoms with E-state index in [0.717, 1.165) is 43.0 Å². The summed E-state index contributed by atoms with van der Waals surface area (Å²) in [5, 5.41) is 0.529. The molecule has 0 N–H and O–H groups in total. The average molecular weight is 317 g/mol. The van der Waals surface area contributed by atoms with Crippen molar-refractivity contribution in [2.75, 3.05) is 13.1 Å². The van der Waals surface area contributed by atoms with Gasteiger partial charge in [0.15, 0.2) is 0 Å². The van der Waals surface area contributed by atoms with Crippen molar-refractivity contribution in [3.8, 4) is 5.69 Å². The number of rotatable bonds is 2. The summed E-state index contributed by atoms with van der Waals surface area (Å²) in [6.45, 7) is 5.80. The van der Waals surface area contributed by atoms with E-state index in [1.807, 2.05) is 23.1 Å². The second kappa shape index (κ2) is 6.17. The molecule has 0 spiro atoms. The van der Waals surface area contributed by atoms with Crippen LogP contribution in [0, 0.1) is 13.8 Å². The van der Waals surface area contributed by atoms with Crippen molar-refractivity contribution >= 4 is 17.5 Å². The van der Waals surface area contributed by atoms with Crippen molar-refractivity contribution in [1.82, 2.24) is 9.47 Å². The summed E-state index contributed by atoms with van der Waals surface area (Å²) < 4.78 is 2.14. The molecule has 1 fully saturated rings. The van der Waals surface area contributed by atoms with Crippen LogP contribution in [0.2, 0.25) is 5.02 Å². The van der Waals surface area contributed by atoms with Crippen LogP contribution in [0.25, 0.3) is 5.69 Å². The highest BCUT2D eigenvalue weighted by Gasteiger charge is 2.21. The summed E-state index contributed by atoms with van der Waals surface area (Å²) in [6.07, 6.45) is 3.37. The van der Waals surface area contributed by atoms with Gasteiger partial charge in [-0.05, 0) is 63.4 Å². The molecule has 1 aliphatic heterocycles. The summed E-state index contributed by atoms with van der Waals surface area (Å²) in [7, 11) is 0. The van der Waals surface area contributed by atoms with Crippen LogP contribution in [0.1, 0.15) is 41.0 Å². The first kappa shape index (κ1) is 15.2. The van der Waals surface area contributed by atoms with E-state index in [0.29, 0.717) is 10.6 Å². The summed E-state index contributed by atoms with van der Waals surface area (Å²) in [5.41, 5.74) is 3.89. The highest BCUT2D eigenvalue weighted by Crippen LogP contribution is 2.25. The Kier molecular flexibility index (Phi) is 4.25. The molecule has 3 rings (SSSR count). The van der Waals surface area contributed by atoms with Crippen LogP contribution >= 0.6 is 11.6 Å². The number of halogens is 1. The molecule has 1 aromatic heterocycles. The van der Waals surface area contributed by atoms with Crippen molar-refractivity contribution in [2.24, 2.45) is 0 Å².